The van der Waals surface area contributed by atoms with Crippen molar-refractivity contribution < 1.29 is 9.63 Å². The summed E-state index contributed by atoms with van der Waals surface area (Å²) in [5, 5.41) is 7.53. The van der Waals surface area contributed by atoms with Gasteiger partial charge in [0.25, 0.3) is 5.91 Å². The summed E-state index contributed by atoms with van der Waals surface area (Å²) in [6.07, 6.45) is 4.09. The van der Waals surface area contributed by atoms with Gasteiger partial charge < -0.3 is 10.2 Å². The van der Waals surface area contributed by atoms with Crippen molar-refractivity contribution in [2.45, 2.75) is 25.9 Å². The Morgan fingerprint density at radius 3 is 2.78 bits per heavy atom. The van der Waals surface area contributed by atoms with Crippen molar-refractivity contribution in [1.82, 2.24) is 9.97 Å². The minimum atomic E-state index is -0.641. The number of carbonyl (C=O) groups is 1. The van der Waals surface area contributed by atoms with Gasteiger partial charge in [-0.25, -0.2) is 4.98 Å². The van der Waals surface area contributed by atoms with Gasteiger partial charge in [-0.05, 0) is 38.1 Å². The first-order valence-corrected chi connectivity index (χ1v) is 9.36. The summed E-state index contributed by atoms with van der Waals surface area (Å²) >= 11 is 1.34. The third-order valence-corrected chi connectivity index (χ3v) is 5.76. The first-order valence-electron chi connectivity index (χ1n) is 8.55. The van der Waals surface area contributed by atoms with Crippen LogP contribution in [0.3, 0.4) is 0 Å². The second-order valence-electron chi connectivity index (χ2n) is 6.53. The van der Waals surface area contributed by atoms with Gasteiger partial charge >= 0.3 is 0 Å². The average molecular weight is 378 g/mol. The predicted octanol–water partition coefficient (Wildman–Crippen LogP) is 4.14. The summed E-state index contributed by atoms with van der Waals surface area (Å²) in [4.78, 5) is 27.8. The monoisotopic (exact) mass is 378 g/mol. The molecule has 6 nitrogen and oxygen atoms in total. The lowest BCUT2D eigenvalue weighted by molar-refractivity contribution is -0.00507. The minimum Gasteiger partial charge on any atom is -0.383 e. The number of oxime groups is 1. The molecule has 1 aliphatic heterocycles. The molecule has 0 spiro atoms. The van der Waals surface area contributed by atoms with E-state index < -0.39 is 5.60 Å². The Morgan fingerprint density at radius 2 is 2.04 bits per heavy atom. The van der Waals surface area contributed by atoms with Gasteiger partial charge in [-0.15, -0.1) is 11.3 Å². The van der Waals surface area contributed by atoms with Crippen molar-refractivity contribution >= 4 is 28.6 Å². The second-order valence-corrected chi connectivity index (χ2v) is 7.53. The van der Waals surface area contributed by atoms with Crippen LogP contribution in [0.4, 0.5) is 5.69 Å². The van der Waals surface area contributed by atoms with E-state index in [0.29, 0.717) is 11.4 Å². The normalized spacial score (nSPS) is 18.7. The summed E-state index contributed by atoms with van der Waals surface area (Å²) < 4.78 is 0. The Labute approximate surface area is 160 Å². The van der Waals surface area contributed by atoms with Gasteiger partial charge in [-0.3, -0.25) is 9.78 Å². The highest BCUT2D eigenvalue weighted by molar-refractivity contribution is 7.14. The van der Waals surface area contributed by atoms with Crippen LogP contribution in [0, 0.1) is 6.92 Å². The number of amides is 1. The number of hydrogen-bond acceptors (Lipinski definition) is 6. The number of carbonyl (C=O) groups excluding carboxylic acids is 1. The SMILES string of the molecule is Cc1nc(C(=O)Nc2ccccc2)sc1C1(C)CC(c2cccnc2)=NO1. The molecule has 7 heteroatoms. The quantitative estimate of drug-likeness (QED) is 0.740. The van der Waals surface area contributed by atoms with E-state index in [-0.39, 0.29) is 5.91 Å². The van der Waals surface area contributed by atoms with Crippen molar-refractivity contribution in [3.63, 3.8) is 0 Å². The highest BCUT2D eigenvalue weighted by Gasteiger charge is 2.40. The van der Waals surface area contributed by atoms with Crippen LogP contribution >= 0.6 is 11.3 Å². The zero-order valence-corrected chi connectivity index (χ0v) is 15.8. The molecule has 1 atom stereocenters. The van der Waals surface area contributed by atoms with Crippen LogP contribution in [0.1, 0.15) is 39.3 Å². The summed E-state index contributed by atoms with van der Waals surface area (Å²) in [6.45, 7) is 3.86. The Hall–Kier alpha value is -3.06. The van der Waals surface area contributed by atoms with Crippen molar-refractivity contribution in [2.75, 3.05) is 5.32 Å². The maximum absolute atomic E-state index is 12.5. The Balaban J connectivity index is 1.54. The molecule has 0 saturated heterocycles. The molecular formula is C20H18N4O2S. The number of rotatable bonds is 4. The molecule has 3 heterocycles. The molecule has 0 saturated carbocycles. The maximum Gasteiger partial charge on any atom is 0.284 e. The van der Waals surface area contributed by atoms with Crippen LogP contribution in [0.2, 0.25) is 0 Å². The fourth-order valence-corrected chi connectivity index (χ4v) is 4.08. The van der Waals surface area contributed by atoms with Crippen LogP contribution in [0.5, 0.6) is 0 Å². The molecule has 27 heavy (non-hydrogen) atoms. The fourth-order valence-electron chi connectivity index (χ4n) is 3.04. The molecule has 1 N–H and O–H groups in total. The van der Waals surface area contributed by atoms with Crippen molar-refractivity contribution in [1.29, 1.82) is 0 Å². The minimum absolute atomic E-state index is 0.226. The average Bonchev–Trinajstić information content (AvgIpc) is 3.28. The number of para-hydroxylation sites is 1. The summed E-state index contributed by atoms with van der Waals surface area (Å²) in [6, 6.07) is 13.2. The zero-order chi connectivity index (χ0) is 18.9. The molecule has 136 valence electrons. The Morgan fingerprint density at radius 1 is 1.22 bits per heavy atom. The largest absolute Gasteiger partial charge is 0.383 e. The van der Waals surface area contributed by atoms with E-state index in [4.69, 9.17) is 4.84 Å². The Bertz CT molecular complexity index is 1000. The van der Waals surface area contributed by atoms with Gasteiger partial charge in [0.05, 0.1) is 16.3 Å². The van der Waals surface area contributed by atoms with E-state index in [9.17, 15) is 4.79 Å². The van der Waals surface area contributed by atoms with Gasteiger partial charge in [-0.2, -0.15) is 0 Å². The van der Waals surface area contributed by atoms with Gasteiger partial charge in [0.2, 0.25) is 0 Å². The number of nitrogens with zero attached hydrogens (tertiary/aromatic N) is 3. The number of benzene rings is 1. The molecule has 3 aromatic rings. The van der Waals surface area contributed by atoms with E-state index in [1.807, 2.05) is 56.3 Å². The number of nitrogens with one attached hydrogen (secondary N) is 1. The second kappa shape index (κ2) is 6.92. The van der Waals surface area contributed by atoms with E-state index in [0.717, 1.165) is 27.5 Å². The Kier molecular flexibility index (Phi) is 4.45. The van der Waals surface area contributed by atoms with Crippen LogP contribution in [0.25, 0.3) is 0 Å². The number of aromatic nitrogens is 2. The highest BCUT2D eigenvalue weighted by Crippen LogP contribution is 2.40. The molecule has 0 fully saturated rings. The lowest BCUT2D eigenvalue weighted by Crippen LogP contribution is -2.21. The maximum atomic E-state index is 12.5. The lowest BCUT2D eigenvalue weighted by Gasteiger charge is -2.20. The van der Waals surface area contributed by atoms with Crippen LogP contribution in [-0.2, 0) is 10.4 Å². The standard InChI is InChI=1S/C20H18N4O2S/c1-13-17(20(2)11-16(24-26-20)14-7-6-10-21-12-14)27-19(22-13)18(25)23-15-8-4-3-5-9-15/h3-10,12H,11H2,1-2H3,(H,23,25). The molecule has 1 amide bonds. The summed E-state index contributed by atoms with van der Waals surface area (Å²) in [5.74, 6) is -0.226. The van der Waals surface area contributed by atoms with E-state index >= 15 is 0 Å². The van der Waals surface area contributed by atoms with Crippen molar-refractivity contribution in [2.24, 2.45) is 5.16 Å². The zero-order valence-electron chi connectivity index (χ0n) is 15.0. The number of anilines is 1. The number of thiazole rings is 1. The molecule has 1 aromatic carbocycles. The van der Waals surface area contributed by atoms with Gasteiger partial charge in [0, 0.05) is 30.1 Å². The molecule has 0 radical (unpaired) electrons. The topological polar surface area (TPSA) is 76.5 Å². The van der Waals surface area contributed by atoms with E-state index in [1.54, 1.807) is 12.4 Å². The van der Waals surface area contributed by atoms with Gasteiger partial charge in [-0.1, -0.05) is 23.4 Å². The molecule has 1 unspecified atom stereocenters. The molecule has 0 aliphatic carbocycles. The van der Waals surface area contributed by atoms with Crippen LogP contribution < -0.4 is 5.32 Å². The molecule has 0 bridgehead atoms. The third-order valence-electron chi connectivity index (χ3n) is 4.36. The highest BCUT2D eigenvalue weighted by atomic mass is 32.1. The van der Waals surface area contributed by atoms with E-state index in [1.165, 1.54) is 11.3 Å². The van der Waals surface area contributed by atoms with Crippen LogP contribution in [-0.4, -0.2) is 21.6 Å². The van der Waals surface area contributed by atoms with Crippen molar-refractivity contribution in [3.05, 3.63) is 76.0 Å². The smallest absolute Gasteiger partial charge is 0.284 e. The predicted molar refractivity (Wildman–Crippen MR) is 105 cm³/mol. The lowest BCUT2D eigenvalue weighted by atomic mass is 9.94. The first kappa shape index (κ1) is 17.4. The fraction of sp³-hybridized carbons (Fsp3) is 0.200. The number of pyridine rings is 1. The third kappa shape index (κ3) is 3.46. The van der Waals surface area contributed by atoms with Gasteiger partial charge in [0.1, 0.15) is 0 Å². The van der Waals surface area contributed by atoms with Gasteiger partial charge in [0.15, 0.2) is 10.6 Å². The molecule has 1 aliphatic rings. The molecular weight excluding hydrogens is 360 g/mol. The number of hydrogen-bond donors (Lipinski definition) is 1. The van der Waals surface area contributed by atoms with E-state index in [2.05, 4.69) is 20.4 Å². The summed E-state index contributed by atoms with van der Waals surface area (Å²) in [7, 11) is 0. The molecule has 4 rings (SSSR count). The van der Waals surface area contributed by atoms with Crippen molar-refractivity contribution in [3.8, 4) is 0 Å². The van der Waals surface area contributed by atoms with Crippen LogP contribution in [0.15, 0.2) is 60.0 Å². The summed E-state index contributed by atoms with van der Waals surface area (Å²) in [5.41, 5.74) is 2.66. The number of aryl methyl sites for hydroxylation is 1. The molecule has 2 aromatic heterocycles. The first-order chi connectivity index (χ1) is 13.0.